The third-order valence-electron chi connectivity index (χ3n) is 2.68. The molecule has 54 valence electrons. The van der Waals surface area contributed by atoms with Gasteiger partial charge in [-0.2, -0.15) is 4.58 Å². The van der Waals surface area contributed by atoms with E-state index in [0.29, 0.717) is 0 Å². The average Bonchev–Trinajstić information content (AvgIpc) is 2.23. The number of benzene rings is 1. The predicted octanol–water partition coefficient (Wildman–Crippen LogP) is 1.73. The van der Waals surface area contributed by atoms with Gasteiger partial charge in [0, 0.05) is 11.6 Å². The molecule has 2 aliphatic heterocycles. The van der Waals surface area contributed by atoms with E-state index in [9.17, 15) is 0 Å². The van der Waals surface area contributed by atoms with Gasteiger partial charge in [0.05, 0.1) is 12.8 Å². The first kappa shape index (κ1) is 5.53. The highest BCUT2D eigenvalue weighted by atomic mass is 15.1. The lowest BCUT2D eigenvalue weighted by Gasteiger charge is -2.08. The minimum Gasteiger partial charge on any atom is -0.199 e. The molecule has 0 spiro atoms. The molecule has 0 aliphatic carbocycles. The van der Waals surface area contributed by atoms with Crippen LogP contribution in [0.4, 0.5) is 5.69 Å². The first-order chi connectivity index (χ1) is 5.45. The number of hydrogen-bond donors (Lipinski definition) is 0. The molecule has 2 heterocycles. The van der Waals surface area contributed by atoms with Gasteiger partial charge >= 0.3 is 0 Å². The zero-order valence-corrected chi connectivity index (χ0v) is 6.38. The molecule has 3 rings (SSSR count). The van der Waals surface area contributed by atoms with E-state index in [2.05, 4.69) is 28.8 Å². The fraction of sp³-hybridized carbons (Fsp3) is 0.300. The highest BCUT2D eigenvalue weighted by molar-refractivity contribution is 5.89. The number of hydrogen-bond acceptors (Lipinski definition) is 0. The van der Waals surface area contributed by atoms with Gasteiger partial charge in [-0.1, -0.05) is 18.2 Å². The Morgan fingerprint density at radius 2 is 2.09 bits per heavy atom. The molecule has 0 unspecified atom stereocenters. The van der Waals surface area contributed by atoms with E-state index in [1.807, 2.05) is 0 Å². The Morgan fingerprint density at radius 3 is 2.91 bits per heavy atom. The smallest absolute Gasteiger partial charge is 0.199 e. The molecule has 1 aromatic rings. The predicted molar refractivity (Wildman–Crippen MR) is 44.6 cm³/mol. The third-order valence-corrected chi connectivity index (χ3v) is 2.68. The van der Waals surface area contributed by atoms with Crippen LogP contribution in [0.3, 0.4) is 0 Å². The minimum absolute atomic E-state index is 1.20. The Balaban J connectivity index is 2.25. The fourth-order valence-electron chi connectivity index (χ4n) is 2.00. The maximum Gasteiger partial charge on any atom is 0.208 e. The van der Waals surface area contributed by atoms with Crippen LogP contribution < -0.4 is 0 Å². The van der Waals surface area contributed by atoms with E-state index in [4.69, 9.17) is 0 Å². The summed E-state index contributed by atoms with van der Waals surface area (Å²) < 4.78 is 2.44. The maximum atomic E-state index is 2.44. The quantitative estimate of drug-likeness (QED) is 0.488. The van der Waals surface area contributed by atoms with Crippen molar-refractivity contribution in [2.24, 2.45) is 0 Å². The second kappa shape index (κ2) is 1.73. The van der Waals surface area contributed by atoms with Gasteiger partial charge in [0.25, 0.3) is 0 Å². The summed E-state index contributed by atoms with van der Waals surface area (Å²) in [6, 6.07) is 8.72. The zero-order chi connectivity index (χ0) is 7.26. The van der Waals surface area contributed by atoms with E-state index in [-0.39, 0.29) is 0 Å². The zero-order valence-electron chi connectivity index (χ0n) is 6.38. The SMILES string of the molecule is c1ccc2c(c1)CC1=[N+]2CC1. The summed E-state index contributed by atoms with van der Waals surface area (Å²) in [7, 11) is 0. The molecule has 1 nitrogen and oxygen atoms in total. The molecule has 1 aromatic carbocycles. The standard InChI is InChI=1S/C10H10N/c1-2-4-10-8(3-1)7-9-5-6-11(9)10/h1-4H,5-7H2/q+1. The van der Waals surface area contributed by atoms with Gasteiger partial charge in [-0.3, -0.25) is 0 Å². The highest BCUT2D eigenvalue weighted by Gasteiger charge is 2.36. The normalized spacial score (nSPS) is 19.3. The Bertz CT molecular complexity index is 350. The lowest BCUT2D eigenvalue weighted by atomic mass is 10.1. The van der Waals surface area contributed by atoms with Crippen molar-refractivity contribution in [3.05, 3.63) is 29.8 Å². The molecule has 2 aliphatic rings. The number of para-hydroxylation sites is 1. The van der Waals surface area contributed by atoms with Crippen molar-refractivity contribution in [3.63, 3.8) is 0 Å². The van der Waals surface area contributed by atoms with Crippen LogP contribution in [0.1, 0.15) is 12.0 Å². The van der Waals surface area contributed by atoms with E-state index < -0.39 is 0 Å². The Kier molecular flexibility index (Phi) is 0.869. The fourth-order valence-corrected chi connectivity index (χ4v) is 2.00. The monoisotopic (exact) mass is 144 g/mol. The van der Waals surface area contributed by atoms with Gasteiger partial charge in [-0.15, -0.1) is 0 Å². The van der Waals surface area contributed by atoms with Gasteiger partial charge in [-0.25, -0.2) is 0 Å². The lowest BCUT2D eigenvalue weighted by Crippen LogP contribution is -2.27. The topological polar surface area (TPSA) is 3.01 Å². The molecule has 1 heteroatoms. The van der Waals surface area contributed by atoms with Gasteiger partial charge in [0.15, 0.2) is 12.3 Å². The molecule has 11 heavy (non-hydrogen) atoms. The van der Waals surface area contributed by atoms with Gasteiger partial charge in [0.1, 0.15) is 0 Å². The van der Waals surface area contributed by atoms with Crippen LogP contribution in [0.5, 0.6) is 0 Å². The van der Waals surface area contributed by atoms with Crippen molar-refractivity contribution in [1.82, 2.24) is 0 Å². The summed E-state index contributed by atoms with van der Waals surface area (Å²) in [6.45, 7) is 1.24. The Labute approximate surface area is 66.0 Å². The minimum atomic E-state index is 1.20. The molecule has 0 atom stereocenters. The summed E-state index contributed by atoms with van der Waals surface area (Å²) in [4.78, 5) is 0. The van der Waals surface area contributed by atoms with Crippen LogP contribution in [-0.4, -0.2) is 16.8 Å². The lowest BCUT2D eigenvalue weighted by molar-refractivity contribution is -0.464. The van der Waals surface area contributed by atoms with Crippen molar-refractivity contribution in [2.45, 2.75) is 12.8 Å². The summed E-state index contributed by atoms with van der Waals surface area (Å²) >= 11 is 0. The van der Waals surface area contributed by atoms with Crippen LogP contribution in [-0.2, 0) is 6.42 Å². The van der Waals surface area contributed by atoms with Gasteiger partial charge in [-0.05, 0) is 0 Å². The highest BCUT2D eigenvalue weighted by Crippen LogP contribution is 2.31. The van der Waals surface area contributed by atoms with E-state index in [1.54, 1.807) is 5.71 Å². The third kappa shape index (κ3) is 0.584. The molecule has 0 aromatic heterocycles. The van der Waals surface area contributed by atoms with E-state index >= 15 is 0 Å². The largest absolute Gasteiger partial charge is 0.208 e. The molecule has 0 amide bonds. The Hall–Kier alpha value is -1.11. The molecule has 0 bridgehead atoms. The van der Waals surface area contributed by atoms with Crippen molar-refractivity contribution < 1.29 is 4.58 Å². The van der Waals surface area contributed by atoms with Crippen LogP contribution in [0.2, 0.25) is 0 Å². The molecule has 0 saturated carbocycles. The molecule has 0 fully saturated rings. The van der Waals surface area contributed by atoms with Crippen molar-refractivity contribution in [1.29, 1.82) is 0 Å². The van der Waals surface area contributed by atoms with Crippen LogP contribution in [0, 0.1) is 0 Å². The molecule has 0 radical (unpaired) electrons. The number of rotatable bonds is 0. The number of fused-ring (bicyclic) bond motifs is 2. The molecule has 0 N–H and O–H groups in total. The van der Waals surface area contributed by atoms with Crippen molar-refractivity contribution >= 4 is 11.4 Å². The van der Waals surface area contributed by atoms with Gasteiger partial charge in [0.2, 0.25) is 5.69 Å². The second-order valence-electron chi connectivity index (χ2n) is 3.27. The van der Waals surface area contributed by atoms with Crippen LogP contribution in [0.15, 0.2) is 24.3 Å². The van der Waals surface area contributed by atoms with Crippen LogP contribution >= 0.6 is 0 Å². The van der Waals surface area contributed by atoms with E-state index in [0.717, 1.165) is 0 Å². The van der Waals surface area contributed by atoms with Crippen LogP contribution in [0.25, 0.3) is 0 Å². The first-order valence-corrected chi connectivity index (χ1v) is 4.15. The first-order valence-electron chi connectivity index (χ1n) is 4.15. The summed E-state index contributed by atoms with van der Waals surface area (Å²) in [6.07, 6.45) is 2.52. The Morgan fingerprint density at radius 1 is 1.18 bits per heavy atom. The van der Waals surface area contributed by atoms with Crippen molar-refractivity contribution in [2.75, 3.05) is 6.54 Å². The summed E-state index contributed by atoms with van der Waals surface area (Å²) in [5.41, 5.74) is 4.58. The van der Waals surface area contributed by atoms with E-state index in [1.165, 1.54) is 30.6 Å². The summed E-state index contributed by atoms with van der Waals surface area (Å²) in [5.74, 6) is 0. The number of nitrogens with zero attached hydrogens (tertiary/aromatic N) is 1. The molecular weight excluding hydrogens is 134 g/mol. The van der Waals surface area contributed by atoms with Crippen molar-refractivity contribution in [3.8, 4) is 0 Å². The average molecular weight is 144 g/mol. The molecule has 0 saturated heterocycles. The summed E-state index contributed by atoms with van der Waals surface area (Å²) in [5, 5.41) is 0. The molecular formula is C10H10N+. The second-order valence-corrected chi connectivity index (χ2v) is 3.27. The van der Waals surface area contributed by atoms with Gasteiger partial charge < -0.3 is 0 Å². The maximum absolute atomic E-state index is 2.44.